The molecule has 0 amide bonds. The Kier molecular flexibility index (Phi) is 4.03. The molecule has 2 aromatic rings. The Balaban J connectivity index is 2.00. The highest BCUT2D eigenvalue weighted by molar-refractivity contribution is 7.09. The van der Waals surface area contributed by atoms with Crippen LogP contribution in [0.1, 0.15) is 18.5 Å². The standard InChI is InChI=1S/C11H11F2N3OS/c1-7(15-10-6-14-16-18-10)8-2-4-9(5-3-8)17-11(12)13/h2-7,11,15H,1H3. The fourth-order valence-electron chi connectivity index (χ4n) is 1.47. The molecule has 0 saturated carbocycles. The van der Waals surface area contributed by atoms with Gasteiger partial charge in [0.2, 0.25) is 0 Å². The summed E-state index contributed by atoms with van der Waals surface area (Å²) in [7, 11) is 0. The van der Waals surface area contributed by atoms with Crippen molar-refractivity contribution in [3.05, 3.63) is 36.0 Å². The molecule has 0 aliphatic heterocycles. The molecule has 7 heteroatoms. The van der Waals surface area contributed by atoms with Crippen LogP contribution in [-0.4, -0.2) is 16.2 Å². The Morgan fingerprint density at radius 1 is 1.28 bits per heavy atom. The fourth-order valence-corrected chi connectivity index (χ4v) is 1.97. The molecule has 0 fully saturated rings. The van der Waals surface area contributed by atoms with E-state index in [0.717, 1.165) is 10.6 Å². The Labute approximate surface area is 107 Å². The molecule has 0 radical (unpaired) electrons. The first kappa shape index (κ1) is 12.7. The van der Waals surface area contributed by atoms with Crippen LogP contribution in [0.2, 0.25) is 0 Å². The van der Waals surface area contributed by atoms with E-state index in [0.29, 0.717) is 0 Å². The minimum Gasteiger partial charge on any atom is -0.435 e. The molecule has 96 valence electrons. The monoisotopic (exact) mass is 271 g/mol. The van der Waals surface area contributed by atoms with Crippen LogP contribution in [0.4, 0.5) is 13.8 Å². The predicted molar refractivity (Wildman–Crippen MR) is 65.0 cm³/mol. The number of nitrogens with one attached hydrogen (secondary N) is 1. The second kappa shape index (κ2) is 5.72. The van der Waals surface area contributed by atoms with Gasteiger partial charge in [-0.2, -0.15) is 8.78 Å². The van der Waals surface area contributed by atoms with Crippen molar-refractivity contribution in [3.63, 3.8) is 0 Å². The third-order valence-corrected chi connectivity index (χ3v) is 2.92. The van der Waals surface area contributed by atoms with E-state index in [-0.39, 0.29) is 11.8 Å². The molecule has 18 heavy (non-hydrogen) atoms. The molecular formula is C11H11F2N3OS. The maximum Gasteiger partial charge on any atom is 0.387 e. The molecule has 1 unspecified atom stereocenters. The van der Waals surface area contributed by atoms with Crippen LogP contribution in [-0.2, 0) is 0 Å². The van der Waals surface area contributed by atoms with Gasteiger partial charge in [0, 0.05) is 17.6 Å². The van der Waals surface area contributed by atoms with E-state index in [1.54, 1.807) is 18.3 Å². The summed E-state index contributed by atoms with van der Waals surface area (Å²) in [6.07, 6.45) is 1.63. The largest absolute Gasteiger partial charge is 0.435 e. The van der Waals surface area contributed by atoms with Gasteiger partial charge in [0.15, 0.2) is 0 Å². The van der Waals surface area contributed by atoms with Crippen molar-refractivity contribution >= 4 is 16.5 Å². The van der Waals surface area contributed by atoms with Crippen molar-refractivity contribution in [2.24, 2.45) is 0 Å². The molecule has 1 atom stereocenters. The number of anilines is 1. The highest BCUT2D eigenvalue weighted by Gasteiger charge is 2.08. The van der Waals surface area contributed by atoms with Crippen LogP contribution in [0.3, 0.4) is 0 Å². The summed E-state index contributed by atoms with van der Waals surface area (Å²) in [6.45, 7) is -0.836. The lowest BCUT2D eigenvalue weighted by Gasteiger charge is -2.14. The lowest BCUT2D eigenvalue weighted by atomic mass is 10.1. The number of alkyl halides is 2. The molecule has 0 aliphatic carbocycles. The van der Waals surface area contributed by atoms with Crippen molar-refractivity contribution in [3.8, 4) is 5.75 Å². The number of nitrogens with zero attached hydrogens (tertiary/aromatic N) is 2. The lowest BCUT2D eigenvalue weighted by molar-refractivity contribution is -0.0498. The average molecular weight is 271 g/mol. The van der Waals surface area contributed by atoms with Crippen LogP contribution < -0.4 is 10.1 Å². The summed E-state index contributed by atoms with van der Waals surface area (Å²) in [6, 6.07) is 6.55. The molecule has 0 spiro atoms. The van der Waals surface area contributed by atoms with Crippen LogP contribution >= 0.6 is 11.5 Å². The van der Waals surface area contributed by atoms with Crippen LogP contribution in [0.15, 0.2) is 30.5 Å². The smallest absolute Gasteiger partial charge is 0.387 e. The first-order valence-corrected chi connectivity index (χ1v) is 6.01. The van der Waals surface area contributed by atoms with Gasteiger partial charge in [0.1, 0.15) is 10.8 Å². The number of aromatic nitrogens is 2. The van der Waals surface area contributed by atoms with Gasteiger partial charge in [-0.15, -0.1) is 5.10 Å². The van der Waals surface area contributed by atoms with E-state index in [1.165, 1.54) is 23.7 Å². The third kappa shape index (κ3) is 3.36. The zero-order chi connectivity index (χ0) is 13.0. The topological polar surface area (TPSA) is 47.0 Å². The molecule has 0 aliphatic rings. The van der Waals surface area contributed by atoms with E-state index in [2.05, 4.69) is 19.6 Å². The Hall–Kier alpha value is -1.76. The molecule has 1 aromatic carbocycles. The zero-order valence-electron chi connectivity index (χ0n) is 9.51. The number of hydrogen-bond acceptors (Lipinski definition) is 5. The summed E-state index contributed by atoms with van der Waals surface area (Å²) in [5.74, 6) is 0.153. The zero-order valence-corrected chi connectivity index (χ0v) is 10.3. The highest BCUT2D eigenvalue weighted by atomic mass is 32.1. The summed E-state index contributed by atoms with van der Waals surface area (Å²) < 4.78 is 32.0. The number of benzene rings is 1. The first-order valence-electron chi connectivity index (χ1n) is 5.24. The van der Waals surface area contributed by atoms with E-state index in [4.69, 9.17) is 0 Å². The Morgan fingerprint density at radius 3 is 2.56 bits per heavy atom. The van der Waals surface area contributed by atoms with Gasteiger partial charge < -0.3 is 10.1 Å². The second-order valence-corrected chi connectivity index (χ2v) is 4.38. The van der Waals surface area contributed by atoms with Crippen LogP contribution in [0.5, 0.6) is 5.75 Å². The summed E-state index contributed by atoms with van der Waals surface area (Å²) >= 11 is 1.26. The number of rotatable bonds is 5. The van der Waals surface area contributed by atoms with E-state index >= 15 is 0 Å². The Bertz CT molecular complexity index is 476. The molecule has 0 bridgehead atoms. The number of ether oxygens (including phenoxy) is 1. The van der Waals surface area contributed by atoms with E-state index in [1.807, 2.05) is 6.92 Å². The van der Waals surface area contributed by atoms with Gasteiger partial charge in [0.05, 0.1) is 6.20 Å². The van der Waals surface area contributed by atoms with Gasteiger partial charge >= 0.3 is 6.61 Å². The second-order valence-electron chi connectivity index (χ2n) is 3.60. The minimum absolute atomic E-state index is 0.0350. The maximum absolute atomic E-state index is 12.0. The first-order chi connectivity index (χ1) is 8.65. The molecule has 1 N–H and O–H groups in total. The molecule has 4 nitrogen and oxygen atoms in total. The lowest BCUT2D eigenvalue weighted by Crippen LogP contribution is -2.06. The van der Waals surface area contributed by atoms with Crippen molar-refractivity contribution in [1.29, 1.82) is 0 Å². The van der Waals surface area contributed by atoms with Crippen molar-refractivity contribution in [1.82, 2.24) is 9.59 Å². The van der Waals surface area contributed by atoms with E-state index in [9.17, 15) is 8.78 Å². The van der Waals surface area contributed by atoms with Gasteiger partial charge in [0.25, 0.3) is 0 Å². The SMILES string of the molecule is CC(Nc1cnns1)c1ccc(OC(F)F)cc1. The average Bonchev–Trinajstić information content (AvgIpc) is 2.82. The number of halogens is 2. The van der Waals surface area contributed by atoms with Gasteiger partial charge in [-0.1, -0.05) is 16.6 Å². The fraction of sp³-hybridized carbons (Fsp3) is 0.273. The van der Waals surface area contributed by atoms with Crippen molar-refractivity contribution in [2.45, 2.75) is 19.6 Å². The van der Waals surface area contributed by atoms with Gasteiger partial charge in [-0.25, -0.2) is 0 Å². The molecule has 1 heterocycles. The normalized spacial score (nSPS) is 12.4. The quantitative estimate of drug-likeness (QED) is 0.906. The molecule has 0 saturated heterocycles. The molecular weight excluding hydrogens is 260 g/mol. The van der Waals surface area contributed by atoms with Gasteiger partial charge in [-0.3, -0.25) is 0 Å². The number of hydrogen-bond donors (Lipinski definition) is 1. The minimum atomic E-state index is -2.80. The Morgan fingerprint density at radius 2 is 2.00 bits per heavy atom. The summed E-state index contributed by atoms with van der Waals surface area (Å²) in [5.41, 5.74) is 0.963. The highest BCUT2D eigenvalue weighted by Crippen LogP contribution is 2.23. The van der Waals surface area contributed by atoms with E-state index < -0.39 is 6.61 Å². The maximum atomic E-state index is 12.0. The molecule has 2 rings (SSSR count). The van der Waals surface area contributed by atoms with Crippen molar-refractivity contribution in [2.75, 3.05) is 5.32 Å². The summed E-state index contributed by atoms with van der Waals surface area (Å²) in [4.78, 5) is 0. The van der Waals surface area contributed by atoms with Crippen LogP contribution in [0.25, 0.3) is 0 Å². The van der Waals surface area contributed by atoms with Gasteiger partial charge in [-0.05, 0) is 24.6 Å². The van der Waals surface area contributed by atoms with Crippen molar-refractivity contribution < 1.29 is 13.5 Å². The van der Waals surface area contributed by atoms with Crippen LogP contribution in [0, 0.1) is 0 Å². The summed E-state index contributed by atoms with van der Waals surface area (Å²) in [5, 5.41) is 7.78. The third-order valence-electron chi connectivity index (χ3n) is 2.33. The predicted octanol–water partition coefficient (Wildman–Crippen LogP) is 3.31. The molecule has 1 aromatic heterocycles.